The van der Waals surface area contributed by atoms with Crippen LogP contribution in [0.25, 0.3) is 0 Å². The zero-order chi connectivity index (χ0) is 13.1. The van der Waals surface area contributed by atoms with Gasteiger partial charge < -0.3 is 15.1 Å². The Morgan fingerprint density at radius 1 is 1.56 bits per heavy atom. The van der Waals surface area contributed by atoms with Gasteiger partial charge in [0.1, 0.15) is 12.1 Å². The molecule has 0 aliphatic carbocycles. The molecule has 0 aliphatic heterocycles. The normalized spacial score (nSPS) is 10.3. The van der Waals surface area contributed by atoms with Gasteiger partial charge in [0.15, 0.2) is 0 Å². The first-order valence-electron chi connectivity index (χ1n) is 5.08. The molecular formula is C10H11N5O3. The average Bonchev–Trinajstić information content (AvgIpc) is 2.80. The summed E-state index contributed by atoms with van der Waals surface area (Å²) in [6.07, 6.45) is 2.72. The average molecular weight is 249 g/mol. The third-order valence-electron chi connectivity index (χ3n) is 2.35. The van der Waals surface area contributed by atoms with Crippen LogP contribution < -0.4 is 10.6 Å². The highest BCUT2D eigenvalue weighted by atomic mass is 16.6. The first kappa shape index (κ1) is 11.8. The largest absolute Gasteiger partial charge is 0.467 e. The summed E-state index contributed by atoms with van der Waals surface area (Å²) < 4.78 is 5.17. The lowest BCUT2D eigenvalue weighted by atomic mass is 10.3. The van der Waals surface area contributed by atoms with Crippen molar-refractivity contribution in [3.05, 3.63) is 40.6 Å². The molecular weight excluding hydrogens is 238 g/mol. The van der Waals surface area contributed by atoms with Crippen LogP contribution in [-0.4, -0.2) is 21.9 Å². The van der Waals surface area contributed by atoms with Crippen molar-refractivity contribution in [2.75, 3.05) is 17.7 Å². The molecule has 94 valence electrons. The molecule has 0 saturated heterocycles. The first-order chi connectivity index (χ1) is 8.59. The lowest BCUT2D eigenvalue weighted by molar-refractivity contribution is -0.383. The van der Waals surface area contributed by atoms with E-state index in [0.29, 0.717) is 12.3 Å². The molecule has 0 aliphatic rings. The van der Waals surface area contributed by atoms with Crippen molar-refractivity contribution in [1.29, 1.82) is 0 Å². The number of hydrogen-bond donors (Lipinski definition) is 1. The summed E-state index contributed by atoms with van der Waals surface area (Å²) in [6, 6.07) is 3.51. The maximum Gasteiger partial charge on any atom is 0.353 e. The van der Waals surface area contributed by atoms with Crippen LogP contribution in [0.15, 0.2) is 29.1 Å². The van der Waals surface area contributed by atoms with Crippen molar-refractivity contribution < 1.29 is 9.34 Å². The number of nitrogens with two attached hydrogens (primary N) is 1. The van der Waals surface area contributed by atoms with Crippen LogP contribution >= 0.6 is 0 Å². The van der Waals surface area contributed by atoms with Crippen molar-refractivity contribution in [3.63, 3.8) is 0 Å². The second kappa shape index (κ2) is 4.70. The van der Waals surface area contributed by atoms with E-state index < -0.39 is 4.92 Å². The molecule has 0 radical (unpaired) electrons. The van der Waals surface area contributed by atoms with Gasteiger partial charge >= 0.3 is 5.69 Å². The van der Waals surface area contributed by atoms with Gasteiger partial charge in [-0.15, -0.1) is 0 Å². The number of hydrogen-bond acceptors (Lipinski definition) is 7. The number of anilines is 2. The van der Waals surface area contributed by atoms with Crippen LogP contribution in [0.5, 0.6) is 0 Å². The van der Waals surface area contributed by atoms with Gasteiger partial charge in [-0.25, -0.2) is 9.97 Å². The van der Waals surface area contributed by atoms with E-state index in [9.17, 15) is 10.1 Å². The molecule has 2 aromatic rings. The highest BCUT2D eigenvalue weighted by Gasteiger charge is 2.24. The highest BCUT2D eigenvalue weighted by Crippen LogP contribution is 2.29. The second-order valence-corrected chi connectivity index (χ2v) is 3.62. The maximum absolute atomic E-state index is 10.9. The van der Waals surface area contributed by atoms with Crippen LogP contribution in [0.3, 0.4) is 0 Å². The van der Waals surface area contributed by atoms with Gasteiger partial charge in [0.25, 0.3) is 0 Å². The predicted octanol–water partition coefficient (Wildman–Crippen LogP) is 1.20. The first-order valence-corrected chi connectivity index (χ1v) is 5.08. The van der Waals surface area contributed by atoms with Gasteiger partial charge in [-0.1, -0.05) is 0 Å². The topological polar surface area (TPSA) is 111 Å². The summed E-state index contributed by atoms with van der Waals surface area (Å²) in [7, 11) is 1.66. The van der Waals surface area contributed by atoms with E-state index in [1.807, 2.05) is 0 Å². The maximum atomic E-state index is 10.9. The monoisotopic (exact) mass is 249 g/mol. The second-order valence-electron chi connectivity index (χ2n) is 3.62. The molecule has 0 bridgehead atoms. The van der Waals surface area contributed by atoms with E-state index in [2.05, 4.69) is 9.97 Å². The summed E-state index contributed by atoms with van der Waals surface area (Å²) in [5.41, 5.74) is 5.19. The number of furan rings is 1. The molecule has 2 rings (SSSR count). The van der Waals surface area contributed by atoms with Gasteiger partial charge in [0, 0.05) is 7.05 Å². The summed E-state index contributed by atoms with van der Waals surface area (Å²) in [5, 5.41) is 10.9. The molecule has 8 nitrogen and oxygen atoms in total. The van der Waals surface area contributed by atoms with Crippen LogP contribution in [0, 0.1) is 10.1 Å². The molecule has 8 heteroatoms. The molecule has 18 heavy (non-hydrogen) atoms. The highest BCUT2D eigenvalue weighted by molar-refractivity contribution is 5.68. The number of nitro groups is 1. The summed E-state index contributed by atoms with van der Waals surface area (Å²) in [6.45, 7) is 0.351. The summed E-state index contributed by atoms with van der Waals surface area (Å²) >= 11 is 0. The van der Waals surface area contributed by atoms with E-state index in [4.69, 9.17) is 10.2 Å². The Balaban J connectivity index is 2.32. The number of nitrogens with zero attached hydrogens (tertiary/aromatic N) is 4. The van der Waals surface area contributed by atoms with Crippen molar-refractivity contribution in [2.45, 2.75) is 6.54 Å². The molecule has 0 amide bonds. The van der Waals surface area contributed by atoms with Crippen molar-refractivity contribution in [1.82, 2.24) is 9.97 Å². The number of aromatic nitrogens is 2. The Bertz CT molecular complexity index is 555. The standard InChI is InChI=1S/C10H11N5O3/c1-14(5-7-3-2-4-18-7)10-8(15(16)17)9(11)12-6-13-10/h2-4,6H,5H2,1H3,(H2,11,12,13). The van der Waals surface area contributed by atoms with Crippen molar-refractivity contribution in [3.8, 4) is 0 Å². The quantitative estimate of drug-likeness (QED) is 0.639. The van der Waals surface area contributed by atoms with Gasteiger partial charge in [0.05, 0.1) is 17.7 Å². The van der Waals surface area contributed by atoms with Crippen LogP contribution in [-0.2, 0) is 6.54 Å². The molecule has 0 fully saturated rings. The Morgan fingerprint density at radius 3 is 2.94 bits per heavy atom. The van der Waals surface area contributed by atoms with Gasteiger partial charge in [0.2, 0.25) is 11.6 Å². The molecule has 2 heterocycles. The third kappa shape index (κ3) is 2.21. The lowest BCUT2D eigenvalue weighted by Crippen LogP contribution is -2.19. The van der Waals surface area contributed by atoms with E-state index in [-0.39, 0.29) is 17.3 Å². The fourth-order valence-electron chi connectivity index (χ4n) is 1.55. The lowest BCUT2D eigenvalue weighted by Gasteiger charge is -2.16. The summed E-state index contributed by atoms with van der Waals surface area (Å²) in [4.78, 5) is 19.4. The fraction of sp³-hybridized carbons (Fsp3) is 0.200. The van der Waals surface area contributed by atoms with Gasteiger partial charge in [-0.3, -0.25) is 10.1 Å². The third-order valence-corrected chi connectivity index (χ3v) is 2.35. The molecule has 0 unspecified atom stereocenters. The van der Waals surface area contributed by atoms with Crippen molar-refractivity contribution >= 4 is 17.3 Å². The SMILES string of the molecule is CN(Cc1ccco1)c1ncnc(N)c1[N+](=O)[O-]. The minimum absolute atomic E-state index is 0.156. The fourth-order valence-corrected chi connectivity index (χ4v) is 1.55. The summed E-state index contributed by atoms with van der Waals surface area (Å²) in [5.74, 6) is 0.671. The zero-order valence-corrected chi connectivity index (χ0v) is 9.61. The minimum Gasteiger partial charge on any atom is -0.467 e. The van der Waals surface area contributed by atoms with E-state index in [0.717, 1.165) is 0 Å². The van der Waals surface area contributed by atoms with Crippen LogP contribution in [0.1, 0.15) is 5.76 Å². The van der Waals surface area contributed by atoms with Gasteiger partial charge in [-0.05, 0) is 12.1 Å². The number of rotatable bonds is 4. The predicted molar refractivity (Wildman–Crippen MR) is 63.9 cm³/mol. The molecule has 2 N–H and O–H groups in total. The Kier molecular flexibility index (Phi) is 3.09. The Hall–Kier alpha value is -2.64. The zero-order valence-electron chi connectivity index (χ0n) is 9.61. The molecule has 2 aromatic heterocycles. The Morgan fingerprint density at radius 2 is 2.33 bits per heavy atom. The molecule has 0 atom stereocenters. The van der Waals surface area contributed by atoms with Crippen molar-refractivity contribution in [2.24, 2.45) is 0 Å². The Labute approximate surface area is 102 Å². The van der Waals surface area contributed by atoms with Crippen LogP contribution in [0.4, 0.5) is 17.3 Å². The number of nitrogen functional groups attached to an aromatic ring is 1. The van der Waals surface area contributed by atoms with E-state index in [1.54, 1.807) is 24.1 Å². The minimum atomic E-state index is -0.594. The molecule has 0 saturated carbocycles. The molecule has 0 spiro atoms. The van der Waals surface area contributed by atoms with E-state index >= 15 is 0 Å². The van der Waals surface area contributed by atoms with E-state index in [1.165, 1.54) is 12.6 Å². The van der Waals surface area contributed by atoms with Gasteiger partial charge in [-0.2, -0.15) is 0 Å². The smallest absolute Gasteiger partial charge is 0.353 e. The van der Waals surface area contributed by atoms with Crippen LogP contribution in [0.2, 0.25) is 0 Å². The molecule has 0 aromatic carbocycles.